The summed E-state index contributed by atoms with van der Waals surface area (Å²) >= 11 is 6.17. The maximum absolute atomic E-state index is 12.4. The molecule has 0 aliphatic heterocycles. The van der Waals surface area contributed by atoms with Crippen LogP contribution in [0.15, 0.2) is 53.7 Å². The molecule has 2 unspecified atom stereocenters. The van der Waals surface area contributed by atoms with Gasteiger partial charge in [-0.05, 0) is 73.6 Å². The SMILES string of the molecule is Cc1ncc(S(=O)(=O)CCCOc2ccc3c(c2)C(Cc2cccc(Cl)c2)C(N)CC3)[nH]1. The number of aryl methyl sites for hydroxylation is 2. The first-order valence-corrected chi connectivity index (χ1v) is 12.8. The molecule has 0 spiro atoms. The van der Waals surface area contributed by atoms with E-state index in [1.54, 1.807) is 6.92 Å². The van der Waals surface area contributed by atoms with Crippen molar-refractivity contribution >= 4 is 21.4 Å². The van der Waals surface area contributed by atoms with Gasteiger partial charge in [0, 0.05) is 17.0 Å². The van der Waals surface area contributed by atoms with Gasteiger partial charge in [-0.3, -0.25) is 0 Å². The van der Waals surface area contributed by atoms with E-state index in [2.05, 4.69) is 28.2 Å². The summed E-state index contributed by atoms with van der Waals surface area (Å²) in [5.41, 5.74) is 10.2. The minimum atomic E-state index is -3.39. The average Bonchev–Trinajstić information content (AvgIpc) is 3.21. The minimum absolute atomic E-state index is 0.00183. The first-order valence-electron chi connectivity index (χ1n) is 10.8. The monoisotopic (exact) mass is 473 g/mol. The molecule has 2 aromatic carbocycles. The van der Waals surface area contributed by atoms with E-state index in [0.29, 0.717) is 18.9 Å². The van der Waals surface area contributed by atoms with Gasteiger partial charge in [-0.25, -0.2) is 13.4 Å². The quantitative estimate of drug-likeness (QED) is 0.477. The van der Waals surface area contributed by atoms with Crippen LogP contribution in [0.2, 0.25) is 5.02 Å². The largest absolute Gasteiger partial charge is 0.494 e. The molecular weight excluding hydrogens is 446 g/mol. The summed E-state index contributed by atoms with van der Waals surface area (Å²) in [4.78, 5) is 6.75. The van der Waals surface area contributed by atoms with Crippen molar-refractivity contribution in [3.63, 3.8) is 0 Å². The standard InChI is InChI=1S/C24H28ClN3O3S/c1-16-27-15-24(28-16)32(29,30)11-3-10-31-20-8-6-18-7-9-23(26)22(21(18)14-20)13-17-4-2-5-19(25)12-17/h2,4-6,8,12,14-15,22-23H,3,7,9-11,13,26H2,1H3,(H,27,28). The number of H-pyrrole nitrogens is 1. The number of hydrogen-bond donors (Lipinski definition) is 2. The molecule has 0 saturated heterocycles. The van der Waals surface area contributed by atoms with Crippen LogP contribution in [0.1, 0.15) is 41.3 Å². The van der Waals surface area contributed by atoms with Crippen LogP contribution in [0.4, 0.5) is 0 Å². The molecule has 0 bridgehead atoms. The second-order valence-electron chi connectivity index (χ2n) is 8.36. The predicted molar refractivity (Wildman–Crippen MR) is 126 cm³/mol. The van der Waals surface area contributed by atoms with Crippen molar-refractivity contribution in [2.24, 2.45) is 5.73 Å². The maximum Gasteiger partial charge on any atom is 0.195 e. The minimum Gasteiger partial charge on any atom is -0.494 e. The number of rotatable bonds is 8. The van der Waals surface area contributed by atoms with Gasteiger partial charge in [0.1, 0.15) is 11.6 Å². The molecule has 0 fully saturated rings. The van der Waals surface area contributed by atoms with Gasteiger partial charge in [-0.1, -0.05) is 29.8 Å². The van der Waals surface area contributed by atoms with Gasteiger partial charge in [-0.2, -0.15) is 0 Å². The molecular formula is C24H28ClN3O3S. The Morgan fingerprint density at radius 3 is 2.84 bits per heavy atom. The van der Waals surface area contributed by atoms with Crippen molar-refractivity contribution in [2.75, 3.05) is 12.4 Å². The number of imidazole rings is 1. The van der Waals surface area contributed by atoms with Crippen LogP contribution in [-0.4, -0.2) is 36.8 Å². The van der Waals surface area contributed by atoms with Crippen LogP contribution in [0.25, 0.3) is 0 Å². The zero-order valence-corrected chi connectivity index (χ0v) is 19.6. The van der Waals surface area contributed by atoms with Crippen molar-refractivity contribution in [3.05, 3.63) is 76.2 Å². The van der Waals surface area contributed by atoms with Crippen molar-refractivity contribution in [1.29, 1.82) is 0 Å². The Labute approximate surface area is 194 Å². The van der Waals surface area contributed by atoms with Crippen molar-refractivity contribution in [2.45, 2.75) is 49.6 Å². The summed E-state index contributed by atoms with van der Waals surface area (Å²) in [5.74, 6) is 1.51. The fraction of sp³-hybridized carbons (Fsp3) is 0.375. The maximum atomic E-state index is 12.4. The second kappa shape index (κ2) is 9.65. The number of benzene rings is 2. The summed E-state index contributed by atoms with van der Waals surface area (Å²) < 4.78 is 30.7. The van der Waals surface area contributed by atoms with Gasteiger partial charge >= 0.3 is 0 Å². The van der Waals surface area contributed by atoms with Crippen LogP contribution >= 0.6 is 11.6 Å². The van der Waals surface area contributed by atoms with E-state index < -0.39 is 9.84 Å². The fourth-order valence-corrected chi connectivity index (χ4v) is 5.72. The van der Waals surface area contributed by atoms with Crippen LogP contribution in [-0.2, 0) is 22.7 Å². The molecule has 0 radical (unpaired) electrons. The highest BCUT2D eigenvalue weighted by molar-refractivity contribution is 7.91. The van der Waals surface area contributed by atoms with Gasteiger partial charge in [0.15, 0.2) is 14.9 Å². The molecule has 3 N–H and O–H groups in total. The van der Waals surface area contributed by atoms with E-state index in [-0.39, 0.29) is 22.7 Å². The lowest BCUT2D eigenvalue weighted by Gasteiger charge is -2.32. The normalized spacial score (nSPS) is 18.3. The Bertz CT molecular complexity index is 1190. The molecule has 6 nitrogen and oxygen atoms in total. The second-order valence-corrected chi connectivity index (χ2v) is 10.9. The molecule has 1 aliphatic carbocycles. The lowest BCUT2D eigenvalue weighted by Crippen LogP contribution is -2.34. The fourth-order valence-electron chi connectivity index (χ4n) is 4.27. The molecule has 2 atom stereocenters. The Balaban J connectivity index is 1.41. The number of nitrogens with one attached hydrogen (secondary N) is 1. The van der Waals surface area contributed by atoms with E-state index in [9.17, 15) is 8.42 Å². The molecule has 4 rings (SSSR count). The van der Waals surface area contributed by atoms with E-state index in [1.165, 1.54) is 17.3 Å². The molecule has 1 aromatic heterocycles. The first-order chi connectivity index (χ1) is 15.3. The third-order valence-electron chi connectivity index (χ3n) is 5.97. The lowest BCUT2D eigenvalue weighted by molar-refractivity contribution is 0.316. The Kier molecular flexibility index (Phi) is 6.88. The first kappa shape index (κ1) is 22.8. The molecule has 1 aliphatic rings. The number of nitrogens with two attached hydrogens (primary N) is 1. The van der Waals surface area contributed by atoms with Gasteiger partial charge in [-0.15, -0.1) is 0 Å². The van der Waals surface area contributed by atoms with Gasteiger partial charge < -0.3 is 15.5 Å². The molecule has 0 saturated carbocycles. The molecule has 1 heterocycles. The molecule has 170 valence electrons. The Morgan fingerprint density at radius 2 is 2.09 bits per heavy atom. The molecule has 8 heteroatoms. The summed E-state index contributed by atoms with van der Waals surface area (Å²) in [7, 11) is -3.39. The summed E-state index contributed by atoms with van der Waals surface area (Å²) in [5, 5.41) is 0.881. The van der Waals surface area contributed by atoms with Crippen molar-refractivity contribution in [1.82, 2.24) is 9.97 Å². The van der Waals surface area contributed by atoms with Crippen LogP contribution in [0, 0.1) is 6.92 Å². The van der Waals surface area contributed by atoms with E-state index >= 15 is 0 Å². The Hall–Kier alpha value is -2.35. The van der Waals surface area contributed by atoms with Crippen LogP contribution in [0.5, 0.6) is 5.75 Å². The van der Waals surface area contributed by atoms with Gasteiger partial charge in [0.05, 0.1) is 18.6 Å². The van der Waals surface area contributed by atoms with E-state index in [1.807, 2.05) is 24.3 Å². The van der Waals surface area contributed by atoms with Crippen LogP contribution < -0.4 is 10.5 Å². The molecule has 3 aromatic rings. The van der Waals surface area contributed by atoms with E-state index in [4.69, 9.17) is 22.1 Å². The zero-order chi connectivity index (χ0) is 22.7. The number of nitrogens with zero attached hydrogens (tertiary/aromatic N) is 1. The topological polar surface area (TPSA) is 98.1 Å². The van der Waals surface area contributed by atoms with Crippen molar-refractivity contribution in [3.8, 4) is 5.75 Å². The van der Waals surface area contributed by atoms with Gasteiger partial charge in [0.25, 0.3) is 0 Å². The van der Waals surface area contributed by atoms with Crippen LogP contribution in [0.3, 0.4) is 0 Å². The summed E-state index contributed by atoms with van der Waals surface area (Å²) in [6, 6.07) is 14.1. The number of halogens is 1. The number of ether oxygens (including phenoxy) is 1. The third-order valence-corrected chi connectivity index (χ3v) is 7.90. The number of aromatic amines is 1. The van der Waals surface area contributed by atoms with Crippen molar-refractivity contribution < 1.29 is 13.2 Å². The highest BCUT2D eigenvalue weighted by Gasteiger charge is 2.28. The number of fused-ring (bicyclic) bond motifs is 1. The number of sulfone groups is 1. The van der Waals surface area contributed by atoms with Gasteiger partial charge in [0.2, 0.25) is 0 Å². The molecule has 32 heavy (non-hydrogen) atoms. The Morgan fingerprint density at radius 1 is 1.25 bits per heavy atom. The number of hydrogen-bond acceptors (Lipinski definition) is 5. The van der Waals surface area contributed by atoms with E-state index in [0.717, 1.165) is 35.6 Å². The molecule has 0 amide bonds. The smallest absolute Gasteiger partial charge is 0.195 e. The summed E-state index contributed by atoms with van der Waals surface area (Å²) in [6.07, 6.45) is 4.47. The highest BCUT2D eigenvalue weighted by Crippen LogP contribution is 2.36. The summed E-state index contributed by atoms with van der Waals surface area (Å²) in [6.45, 7) is 2.04. The average molecular weight is 474 g/mol. The highest BCUT2D eigenvalue weighted by atomic mass is 35.5. The number of aromatic nitrogens is 2. The third kappa shape index (κ3) is 5.34. The zero-order valence-electron chi connectivity index (χ0n) is 18.1. The lowest BCUT2D eigenvalue weighted by atomic mass is 9.76. The predicted octanol–water partition coefficient (Wildman–Crippen LogP) is 4.21.